The fraction of sp³-hybridized carbons (Fsp3) is 0.391. The van der Waals surface area contributed by atoms with E-state index in [0.717, 1.165) is 42.3 Å². The second-order valence-corrected chi connectivity index (χ2v) is 7.40. The van der Waals surface area contributed by atoms with E-state index in [-0.39, 0.29) is 0 Å². The SMILES string of the molecule is C=C(C)COc1cccc(CN2CCC(O)(c3ccccc3OC)CC2)c1. The van der Waals surface area contributed by atoms with Crippen LogP contribution in [-0.4, -0.2) is 36.8 Å². The summed E-state index contributed by atoms with van der Waals surface area (Å²) in [4.78, 5) is 2.38. The quantitative estimate of drug-likeness (QED) is 0.747. The Morgan fingerprint density at radius 3 is 2.59 bits per heavy atom. The molecule has 1 saturated heterocycles. The highest BCUT2D eigenvalue weighted by molar-refractivity contribution is 5.38. The van der Waals surface area contributed by atoms with Gasteiger partial charge in [-0.3, -0.25) is 4.90 Å². The summed E-state index contributed by atoms with van der Waals surface area (Å²) in [6.07, 6.45) is 1.39. The molecule has 1 fully saturated rings. The zero-order valence-electron chi connectivity index (χ0n) is 16.3. The molecular weight excluding hydrogens is 338 g/mol. The standard InChI is InChI=1S/C23H29NO3/c1-18(2)17-27-20-8-6-7-19(15-20)16-24-13-11-23(25,12-14-24)21-9-4-5-10-22(21)26-3/h4-10,15,25H,1,11-14,16-17H2,2-3H3. The predicted octanol–water partition coefficient (Wildman–Crippen LogP) is 4.13. The molecule has 0 unspecified atom stereocenters. The van der Waals surface area contributed by atoms with Gasteiger partial charge in [0.05, 0.1) is 12.7 Å². The molecule has 0 saturated carbocycles. The number of rotatable bonds is 7. The second kappa shape index (κ2) is 8.59. The highest BCUT2D eigenvalue weighted by Crippen LogP contribution is 2.38. The lowest BCUT2D eigenvalue weighted by molar-refractivity contribution is -0.0292. The summed E-state index contributed by atoms with van der Waals surface area (Å²) in [5, 5.41) is 11.2. The van der Waals surface area contributed by atoms with Crippen LogP contribution in [-0.2, 0) is 12.1 Å². The summed E-state index contributed by atoms with van der Waals surface area (Å²) in [6.45, 7) is 8.90. The van der Waals surface area contributed by atoms with E-state index >= 15 is 0 Å². The molecule has 0 atom stereocenters. The molecule has 0 radical (unpaired) electrons. The number of ether oxygens (including phenoxy) is 2. The van der Waals surface area contributed by atoms with E-state index in [1.807, 2.05) is 43.3 Å². The average Bonchev–Trinajstić information content (AvgIpc) is 2.68. The van der Waals surface area contributed by atoms with Gasteiger partial charge in [0.15, 0.2) is 0 Å². The molecule has 1 aliphatic heterocycles. The van der Waals surface area contributed by atoms with Crippen molar-refractivity contribution in [1.82, 2.24) is 4.90 Å². The molecule has 0 spiro atoms. The van der Waals surface area contributed by atoms with Crippen LogP contribution in [0.25, 0.3) is 0 Å². The summed E-state index contributed by atoms with van der Waals surface area (Å²) in [5.41, 5.74) is 2.29. The molecule has 0 aromatic heterocycles. The Kier molecular flexibility index (Phi) is 6.19. The Morgan fingerprint density at radius 2 is 1.89 bits per heavy atom. The minimum atomic E-state index is -0.824. The molecular formula is C23H29NO3. The smallest absolute Gasteiger partial charge is 0.124 e. The normalized spacial score (nSPS) is 16.7. The second-order valence-electron chi connectivity index (χ2n) is 7.40. The fourth-order valence-corrected chi connectivity index (χ4v) is 3.58. The predicted molar refractivity (Wildman–Crippen MR) is 108 cm³/mol. The monoisotopic (exact) mass is 367 g/mol. The summed E-state index contributed by atoms with van der Waals surface area (Å²) >= 11 is 0. The van der Waals surface area contributed by atoms with E-state index in [9.17, 15) is 5.11 Å². The molecule has 0 aliphatic carbocycles. The van der Waals surface area contributed by atoms with Crippen LogP contribution in [0.2, 0.25) is 0 Å². The number of hydrogen-bond acceptors (Lipinski definition) is 4. The molecule has 144 valence electrons. The van der Waals surface area contributed by atoms with Crippen molar-refractivity contribution in [2.75, 3.05) is 26.8 Å². The van der Waals surface area contributed by atoms with Gasteiger partial charge >= 0.3 is 0 Å². The van der Waals surface area contributed by atoms with Crippen LogP contribution in [0.4, 0.5) is 0 Å². The fourth-order valence-electron chi connectivity index (χ4n) is 3.58. The van der Waals surface area contributed by atoms with Gasteiger partial charge in [-0.05, 0) is 49.1 Å². The Hall–Kier alpha value is -2.30. The third-order valence-corrected chi connectivity index (χ3v) is 5.08. The Labute approximate surface area is 162 Å². The first-order chi connectivity index (χ1) is 13.0. The third kappa shape index (κ3) is 4.90. The average molecular weight is 367 g/mol. The molecule has 3 rings (SSSR count). The number of hydrogen-bond donors (Lipinski definition) is 1. The van der Waals surface area contributed by atoms with Gasteiger partial charge in [0.25, 0.3) is 0 Å². The van der Waals surface area contributed by atoms with E-state index in [1.165, 1.54) is 5.56 Å². The number of para-hydroxylation sites is 1. The molecule has 2 aromatic rings. The van der Waals surface area contributed by atoms with Crippen LogP contribution in [0.15, 0.2) is 60.7 Å². The number of likely N-dealkylation sites (tertiary alicyclic amines) is 1. The van der Waals surface area contributed by atoms with Crippen molar-refractivity contribution in [2.45, 2.75) is 31.9 Å². The van der Waals surface area contributed by atoms with Crippen LogP contribution in [0.5, 0.6) is 11.5 Å². The van der Waals surface area contributed by atoms with Crippen molar-refractivity contribution >= 4 is 0 Å². The molecule has 0 amide bonds. The van der Waals surface area contributed by atoms with Crippen molar-refractivity contribution in [3.8, 4) is 11.5 Å². The maximum absolute atomic E-state index is 11.2. The molecule has 1 aliphatic rings. The van der Waals surface area contributed by atoms with E-state index in [1.54, 1.807) is 7.11 Å². The molecule has 27 heavy (non-hydrogen) atoms. The van der Waals surface area contributed by atoms with Gasteiger partial charge in [-0.25, -0.2) is 0 Å². The molecule has 4 heteroatoms. The van der Waals surface area contributed by atoms with Crippen molar-refractivity contribution < 1.29 is 14.6 Å². The van der Waals surface area contributed by atoms with Crippen molar-refractivity contribution in [3.05, 3.63) is 71.8 Å². The first kappa shape index (κ1) is 19.5. The molecule has 1 heterocycles. The summed E-state index contributed by atoms with van der Waals surface area (Å²) in [5.74, 6) is 1.63. The van der Waals surface area contributed by atoms with E-state index in [4.69, 9.17) is 9.47 Å². The Bertz CT molecular complexity index is 779. The van der Waals surface area contributed by atoms with E-state index in [0.29, 0.717) is 19.4 Å². The van der Waals surface area contributed by atoms with Crippen molar-refractivity contribution in [2.24, 2.45) is 0 Å². The molecule has 0 bridgehead atoms. The topological polar surface area (TPSA) is 41.9 Å². The van der Waals surface area contributed by atoms with Crippen molar-refractivity contribution in [3.63, 3.8) is 0 Å². The minimum Gasteiger partial charge on any atom is -0.496 e. The van der Waals surface area contributed by atoms with Crippen LogP contribution >= 0.6 is 0 Å². The lowest BCUT2D eigenvalue weighted by Crippen LogP contribution is -2.42. The van der Waals surface area contributed by atoms with Gasteiger partial charge in [-0.1, -0.05) is 36.9 Å². The van der Waals surface area contributed by atoms with Crippen LogP contribution in [0, 0.1) is 0 Å². The number of aliphatic hydroxyl groups is 1. The lowest BCUT2D eigenvalue weighted by atomic mass is 9.84. The first-order valence-corrected chi connectivity index (χ1v) is 9.44. The zero-order chi connectivity index (χ0) is 19.3. The minimum absolute atomic E-state index is 0.541. The van der Waals surface area contributed by atoms with Gasteiger partial charge < -0.3 is 14.6 Å². The first-order valence-electron chi connectivity index (χ1n) is 9.44. The van der Waals surface area contributed by atoms with Gasteiger partial charge in [0, 0.05) is 25.2 Å². The zero-order valence-corrected chi connectivity index (χ0v) is 16.3. The largest absolute Gasteiger partial charge is 0.496 e. The number of benzene rings is 2. The summed E-state index contributed by atoms with van der Waals surface area (Å²) in [7, 11) is 1.65. The van der Waals surface area contributed by atoms with Crippen LogP contribution in [0.1, 0.15) is 30.9 Å². The number of piperidine rings is 1. The summed E-state index contributed by atoms with van der Waals surface area (Å²) < 4.78 is 11.2. The maximum atomic E-state index is 11.2. The van der Waals surface area contributed by atoms with E-state index < -0.39 is 5.60 Å². The van der Waals surface area contributed by atoms with Gasteiger partial charge in [0.2, 0.25) is 0 Å². The number of methoxy groups -OCH3 is 1. The van der Waals surface area contributed by atoms with Crippen LogP contribution < -0.4 is 9.47 Å². The highest BCUT2D eigenvalue weighted by Gasteiger charge is 2.36. The Balaban J connectivity index is 1.61. The molecule has 1 N–H and O–H groups in total. The van der Waals surface area contributed by atoms with Gasteiger partial charge in [-0.15, -0.1) is 0 Å². The van der Waals surface area contributed by atoms with E-state index in [2.05, 4.69) is 23.6 Å². The maximum Gasteiger partial charge on any atom is 0.124 e. The highest BCUT2D eigenvalue weighted by atomic mass is 16.5. The third-order valence-electron chi connectivity index (χ3n) is 5.08. The molecule has 4 nitrogen and oxygen atoms in total. The van der Waals surface area contributed by atoms with Crippen LogP contribution in [0.3, 0.4) is 0 Å². The van der Waals surface area contributed by atoms with Gasteiger partial charge in [0.1, 0.15) is 18.1 Å². The number of nitrogens with zero attached hydrogens (tertiary/aromatic N) is 1. The van der Waals surface area contributed by atoms with Gasteiger partial charge in [-0.2, -0.15) is 0 Å². The van der Waals surface area contributed by atoms with Crippen molar-refractivity contribution in [1.29, 1.82) is 0 Å². The Morgan fingerprint density at radius 1 is 1.15 bits per heavy atom. The summed E-state index contributed by atoms with van der Waals surface area (Å²) in [6, 6.07) is 16.0. The molecule has 2 aromatic carbocycles. The lowest BCUT2D eigenvalue weighted by Gasteiger charge is -2.39.